The van der Waals surface area contributed by atoms with E-state index >= 15 is 0 Å². The van der Waals surface area contributed by atoms with E-state index in [1.54, 1.807) is 18.2 Å². The molecule has 2 aromatic heterocycles. The molecule has 7 nitrogen and oxygen atoms in total. The summed E-state index contributed by atoms with van der Waals surface area (Å²) < 4.78 is 42.2. The Morgan fingerprint density at radius 1 is 1.34 bits per heavy atom. The third kappa shape index (κ3) is 3.97. The molecular weight excluding hydrogens is 444 g/mol. The van der Waals surface area contributed by atoms with Crippen LogP contribution in [0.2, 0.25) is 11.3 Å². The minimum Gasteiger partial charge on any atom is -0.337 e. The summed E-state index contributed by atoms with van der Waals surface area (Å²) in [6.45, 7) is 0.526. The van der Waals surface area contributed by atoms with Gasteiger partial charge in [-0.05, 0) is 25.1 Å². The van der Waals surface area contributed by atoms with Gasteiger partial charge in [0.1, 0.15) is 5.71 Å². The van der Waals surface area contributed by atoms with E-state index in [2.05, 4.69) is 20.2 Å². The molecule has 12 heteroatoms. The van der Waals surface area contributed by atoms with Crippen molar-refractivity contribution in [2.75, 3.05) is 5.32 Å². The lowest BCUT2D eigenvalue weighted by Gasteiger charge is -2.12. The fraction of sp³-hybridized carbons (Fsp3) is 0.150. The number of rotatable bonds is 5. The maximum Gasteiger partial charge on any atom is 0.432 e. The summed E-state index contributed by atoms with van der Waals surface area (Å²) in [5.41, 5.74) is 0.156. The van der Waals surface area contributed by atoms with Gasteiger partial charge in [0, 0.05) is 35.5 Å². The Labute approximate surface area is 185 Å². The summed E-state index contributed by atoms with van der Waals surface area (Å²) in [6, 6.07) is 6.59. The molecule has 1 aliphatic heterocycles. The zero-order valence-electron chi connectivity index (χ0n) is 16.5. The molecule has 1 aliphatic rings. The van der Waals surface area contributed by atoms with Crippen LogP contribution in [0.15, 0.2) is 47.7 Å². The molecule has 0 radical (unpaired) electrons. The standard InChI is InChI=1S/C20H13BClF3N6O/c1-11(32)13-3-2-12(8-15(13)22)29-18-19-28-10-16(31(19)7-6-27-18)14-9-21(4-5-26)30-17(14)20(23,24)25/h2-3,6-10H,4H2,1H3,(H,27,29). The predicted octanol–water partition coefficient (Wildman–Crippen LogP) is 4.78. The van der Waals surface area contributed by atoms with E-state index < -0.39 is 18.7 Å². The van der Waals surface area contributed by atoms with Gasteiger partial charge in [-0.3, -0.25) is 9.20 Å². The van der Waals surface area contributed by atoms with Crippen molar-refractivity contribution in [3.63, 3.8) is 0 Å². The highest BCUT2D eigenvalue weighted by Crippen LogP contribution is 2.34. The monoisotopic (exact) mass is 456 g/mol. The molecule has 4 rings (SSSR count). The summed E-state index contributed by atoms with van der Waals surface area (Å²) >= 11 is 6.14. The van der Waals surface area contributed by atoms with Gasteiger partial charge in [0.15, 0.2) is 17.2 Å². The SMILES string of the molecule is CC(=O)c1ccc(Nc2nccn3c(C4=CB(CC#N)N=C4C(F)(F)F)cnc23)cc1Cl. The predicted molar refractivity (Wildman–Crippen MR) is 115 cm³/mol. The third-order valence-electron chi connectivity index (χ3n) is 4.79. The first-order chi connectivity index (χ1) is 15.2. The van der Waals surface area contributed by atoms with Crippen LogP contribution in [0, 0.1) is 11.3 Å². The van der Waals surface area contributed by atoms with E-state index in [4.69, 9.17) is 16.9 Å². The Kier molecular flexibility index (Phi) is 5.48. The lowest BCUT2D eigenvalue weighted by molar-refractivity contribution is -0.0569. The molecule has 0 unspecified atom stereocenters. The van der Waals surface area contributed by atoms with Crippen molar-refractivity contribution in [2.45, 2.75) is 19.4 Å². The highest BCUT2D eigenvalue weighted by atomic mass is 35.5. The van der Waals surface area contributed by atoms with E-state index in [1.165, 1.54) is 35.9 Å². The van der Waals surface area contributed by atoms with Crippen LogP contribution in [-0.2, 0) is 0 Å². The smallest absolute Gasteiger partial charge is 0.337 e. The molecule has 0 spiro atoms. The molecule has 0 amide bonds. The van der Waals surface area contributed by atoms with Gasteiger partial charge in [-0.25, -0.2) is 9.97 Å². The number of aromatic nitrogens is 3. The number of anilines is 2. The van der Waals surface area contributed by atoms with Crippen molar-refractivity contribution in [1.82, 2.24) is 14.4 Å². The van der Waals surface area contributed by atoms with Crippen LogP contribution in [0.3, 0.4) is 0 Å². The second-order valence-corrected chi connectivity index (χ2v) is 7.38. The maximum absolute atomic E-state index is 13.6. The number of hydrogen-bond acceptors (Lipinski definition) is 6. The van der Waals surface area contributed by atoms with Gasteiger partial charge in [0.05, 0.1) is 23.0 Å². The first-order valence-electron chi connectivity index (χ1n) is 9.33. The molecule has 3 heterocycles. The van der Waals surface area contributed by atoms with Crippen LogP contribution < -0.4 is 5.32 Å². The van der Waals surface area contributed by atoms with Crippen LogP contribution in [-0.4, -0.2) is 38.9 Å². The molecule has 32 heavy (non-hydrogen) atoms. The van der Waals surface area contributed by atoms with E-state index in [9.17, 15) is 18.0 Å². The topological polar surface area (TPSA) is 95.4 Å². The number of nitrogens with zero attached hydrogens (tertiary/aromatic N) is 5. The summed E-state index contributed by atoms with van der Waals surface area (Å²) in [4.78, 5) is 23.7. The molecule has 0 saturated carbocycles. The third-order valence-corrected chi connectivity index (χ3v) is 5.11. The van der Waals surface area contributed by atoms with Gasteiger partial charge in [-0.1, -0.05) is 17.6 Å². The van der Waals surface area contributed by atoms with Crippen molar-refractivity contribution in [3.05, 3.63) is 59.0 Å². The number of benzene rings is 1. The molecule has 3 aromatic rings. The van der Waals surface area contributed by atoms with Crippen molar-refractivity contribution < 1.29 is 18.0 Å². The number of hydrogen-bond donors (Lipinski definition) is 1. The Morgan fingerprint density at radius 2 is 2.12 bits per heavy atom. The number of imidazole rings is 1. The second-order valence-electron chi connectivity index (χ2n) is 6.97. The number of nitriles is 1. The number of Topliss-reactive ketones (excluding diaryl/α,β-unsaturated/α-hetero) is 1. The van der Waals surface area contributed by atoms with Crippen LogP contribution >= 0.6 is 11.6 Å². The number of ketones is 1. The first kappa shape index (κ1) is 21.6. The number of alkyl halides is 3. The Balaban J connectivity index is 1.74. The summed E-state index contributed by atoms with van der Waals surface area (Å²) in [5.74, 6) is 1.42. The van der Waals surface area contributed by atoms with Gasteiger partial charge in [0.25, 0.3) is 0 Å². The van der Waals surface area contributed by atoms with E-state index in [0.717, 1.165) is 0 Å². The lowest BCUT2D eigenvalue weighted by atomic mass is 9.61. The molecular formula is C20H13BClF3N6O. The second kappa shape index (κ2) is 8.13. The van der Waals surface area contributed by atoms with Crippen molar-refractivity contribution in [3.8, 4) is 6.07 Å². The number of carbonyl (C=O) groups excluding carboxylic acids is 1. The number of fused-ring (bicyclic) bond motifs is 1. The largest absolute Gasteiger partial charge is 0.432 e. The van der Waals surface area contributed by atoms with Crippen molar-refractivity contribution in [1.29, 1.82) is 5.26 Å². The molecule has 160 valence electrons. The molecule has 0 aliphatic carbocycles. The quantitative estimate of drug-likeness (QED) is 0.440. The molecule has 1 N–H and O–H groups in total. The number of carbonyl (C=O) groups is 1. The van der Waals surface area contributed by atoms with Crippen LogP contribution in [0.25, 0.3) is 11.2 Å². The van der Waals surface area contributed by atoms with Gasteiger partial charge >= 0.3 is 13.0 Å². The van der Waals surface area contributed by atoms with Gasteiger partial charge < -0.3 is 10.2 Å². The van der Waals surface area contributed by atoms with Crippen molar-refractivity contribution >= 4 is 52.7 Å². The molecule has 0 saturated heterocycles. The van der Waals surface area contributed by atoms with E-state index in [0.29, 0.717) is 11.3 Å². The van der Waals surface area contributed by atoms with Gasteiger partial charge in [0.2, 0.25) is 0 Å². The molecule has 0 atom stereocenters. The highest BCUT2D eigenvalue weighted by molar-refractivity contribution is 6.71. The average molecular weight is 457 g/mol. The molecule has 1 aromatic carbocycles. The van der Waals surface area contributed by atoms with Crippen LogP contribution in [0.1, 0.15) is 23.0 Å². The Morgan fingerprint density at radius 3 is 2.78 bits per heavy atom. The fourth-order valence-electron chi connectivity index (χ4n) is 3.40. The number of halogens is 4. The van der Waals surface area contributed by atoms with Gasteiger partial charge in [-0.15, -0.1) is 0 Å². The summed E-state index contributed by atoms with van der Waals surface area (Å²) in [6.07, 6.45) is -0.634. The Hall–Kier alpha value is -3.65. The minimum atomic E-state index is -4.68. The van der Waals surface area contributed by atoms with E-state index in [-0.39, 0.29) is 39.9 Å². The number of nitrogens with one attached hydrogen (secondary N) is 1. The van der Waals surface area contributed by atoms with E-state index in [1.807, 2.05) is 6.07 Å². The van der Waals surface area contributed by atoms with Gasteiger partial charge in [-0.2, -0.15) is 18.4 Å². The first-order valence-corrected chi connectivity index (χ1v) is 9.71. The lowest BCUT2D eigenvalue weighted by Crippen LogP contribution is -2.23. The summed E-state index contributed by atoms with van der Waals surface area (Å²) in [5, 5.41) is 12.1. The normalized spacial score (nSPS) is 13.7. The minimum absolute atomic E-state index is 0.142. The van der Waals surface area contributed by atoms with Crippen molar-refractivity contribution in [2.24, 2.45) is 4.90 Å². The molecule has 0 bridgehead atoms. The highest BCUT2D eigenvalue weighted by Gasteiger charge is 2.43. The maximum atomic E-state index is 13.6. The van der Waals surface area contributed by atoms with Crippen LogP contribution in [0.5, 0.6) is 0 Å². The number of allylic oxidation sites excluding steroid dienone is 1. The zero-order chi connectivity index (χ0) is 23.0. The average Bonchev–Trinajstić information content (AvgIpc) is 3.32. The fourth-order valence-corrected chi connectivity index (χ4v) is 3.71. The molecule has 0 fully saturated rings. The van der Waals surface area contributed by atoms with Crippen LogP contribution in [0.4, 0.5) is 24.7 Å². The zero-order valence-corrected chi connectivity index (χ0v) is 17.2. The summed E-state index contributed by atoms with van der Waals surface area (Å²) in [7, 11) is 0. The Bertz CT molecular complexity index is 1340.